The van der Waals surface area contributed by atoms with Crippen LogP contribution in [-0.2, 0) is 25.9 Å². The van der Waals surface area contributed by atoms with Crippen LogP contribution in [0.2, 0.25) is 0 Å². The van der Waals surface area contributed by atoms with Crippen molar-refractivity contribution in [2.45, 2.75) is 18.4 Å². The smallest absolute Gasteiger partial charge is 0.326 e. The predicted octanol–water partition coefficient (Wildman–Crippen LogP) is 3.17. The van der Waals surface area contributed by atoms with E-state index in [0.29, 0.717) is 20.3 Å². The summed E-state index contributed by atoms with van der Waals surface area (Å²) in [4.78, 5) is 29.4. The van der Waals surface area contributed by atoms with Crippen LogP contribution in [0.15, 0.2) is 56.8 Å². The molecule has 0 N–H and O–H groups in total. The average Bonchev–Trinajstić information content (AvgIpc) is 2.98. The highest BCUT2D eigenvalue weighted by Gasteiger charge is 2.16. The van der Waals surface area contributed by atoms with Gasteiger partial charge < -0.3 is 9.30 Å². The van der Waals surface area contributed by atoms with Crippen LogP contribution in [0, 0.1) is 0 Å². The number of fused-ring (bicyclic) bond motifs is 1. The average molecular weight is 497 g/mol. The Hall–Kier alpha value is -2.30. The van der Waals surface area contributed by atoms with Gasteiger partial charge in [0.1, 0.15) is 6.54 Å². The van der Waals surface area contributed by atoms with Gasteiger partial charge in [0.2, 0.25) is 0 Å². The number of hydrogen-bond acceptors (Lipinski definition) is 6. The van der Waals surface area contributed by atoms with E-state index in [1.54, 1.807) is 41.8 Å². The van der Waals surface area contributed by atoms with Gasteiger partial charge >= 0.3 is 5.97 Å². The van der Waals surface area contributed by atoms with Gasteiger partial charge in [-0.05, 0) is 53.2 Å². The lowest BCUT2D eigenvalue weighted by Crippen LogP contribution is -2.23. The highest BCUT2D eigenvalue weighted by molar-refractivity contribution is 9.10. The maximum atomic E-state index is 12.7. The molecule has 10 heteroatoms. The third-order valence-corrected chi connectivity index (χ3v) is 6.82. The molecule has 0 radical (unpaired) electrons. The van der Waals surface area contributed by atoms with Gasteiger partial charge in [-0.3, -0.25) is 9.59 Å². The molecule has 0 atom stereocenters. The number of aromatic nitrogens is 1. The Balaban J connectivity index is 2.19. The van der Waals surface area contributed by atoms with Crippen LogP contribution in [0.1, 0.15) is 17.3 Å². The quantitative estimate of drug-likeness (QED) is 0.505. The van der Waals surface area contributed by atoms with Gasteiger partial charge in [-0.2, -0.15) is 4.99 Å². The standard InChI is InChI=1S/C19H17BrN2O5S2/c1-3-27-17(23)11-22-15-9-8-12(29(2,25)26)10-16(15)28-19(22)21-18(24)13-6-4-5-7-14(13)20/h4-10H,3,11H2,1-2H3. The molecule has 1 amide bonds. The minimum Gasteiger partial charge on any atom is -0.465 e. The SMILES string of the molecule is CCOC(=O)Cn1c(=NC(=O)c2ccccc2Br)sc2cc(S(C)(=O)=O)ccc21. The van der Waals surface area contributed by atoms with Crippen LogP contribution in [0.3, 0.4) is 0 Å². The lowest BCUT2D eigenvalue weighted by Gasteiger charge is -2.06. The maximum Gasteiger partial charge on any atom is 0.326 e. The summed E-state index contributed by atoms with van der Waals surface area (Å²) in [6, 6.07) is 11.5. The first kappa shape index (κ1) is 21.4. The summed E-state index contributed by atoms with van der Waals surface area (Å²) >= 11 is 4.46. The summed E-state index contributed by atoms with van der Waals surface area (Å²) in [6.45, 7) is 1.78. The van der Waals surface area contributed by atoms with Crippen LogP contribution < -0.4 is 4.80 Å². The molecule has 0 saturated heterocycles. The fourth-order valence-corrected chi connectivity index (χ4v) is 4.88. The summed E-state index contributed by atoms with van der Waals surface area (Å²) in [5.74, 6) is -0.959. The minimum atomic E-state index is -3.40. The van der Waals surface area contributed by atoms with Crippen LogP contribution in [-0.4, -0.2) is 37.7 Å². The summed E-state index contributed by atoms with van der Waals surface area (Å²) in [5.41, 5.74) is 0.971. The Morgan fingerprint density at radius 1 is 1.21 bits per heavy atom. The van der Waals surface area contributed by atoms with Crippen molar-refractivity contribution in [1.82, 2.24) is 4.57 Å². The number of nitrogens with zero attached hydrogens (tertiary/aromatic N) is 2. The van der Waals surface area contributed by atoms with Crippen LogP contribution in [0.4, 0.5) is 0 Å². The molecule has 3 aromatic rings. The second kappa shape index (κ2) is 8.60. The number of rotatable bonds is 5. The number of sulfone groups is 1. The third kappa shape index (κ3) is 4.82. The Morgan fingerprint density at radius 2 is 1.93 bits per heavy atom. The van der Waals surface area contributed by atoms with Gasteiger partial charge in [-0.15, -0.1) is 0 Å². The zero-order valence-corrected chi connectivity index (χ0v) is 18.8. The molecule has 0 aliphatic rings. The number of amides is 1. The van der Waals surface area contributed by atoms with E-state index in [1.807, 2.05) is 0 Å². The Kier molecular flexibility index (Phi) is 6.35. The number of ether oxygens (including phenoxy) is 1. The highest BCUT2D eigenvalue weighted by Crippen LogP contribution is 2.22. The van der Waals surface area contributed by atoms with Gasteiger partial charge in [-0.1, -0.05) is 23.5 Å². The van der Waals surface area contributed by atoms with Gasteiger partial charge in [0.15, 0.2) is 14.6 Å². The molecule has 0 bridgehead atoms. The van der Waals surface area contributed by atoms with E-state index >= 15 is 0 Å². The Morgan fingerprint density at radius 3 is 2.59 bits per heavy atom. The van der Waals surface area contributed by atoms with Crippen molar-refractivity contribution in [1.29, 1.82) is 0 Å². The molecule has 0 aliphatic heterocycles. The van der Waals surface area contributed by atoms with E-state index in [2.05, 4.69) is 20.9 Å². The van der Waals surface area contributed by atoms with E-state index in [1.165, 1.54) is 12.1 Å². The molecule has 152 valence electrons. The summed E-state index contributed by atoms with van der Waals surface area (Å²) in [7, 11) is -3.40. The lowest BCUT2D eigenvalue weighted by molar-refractivity contribution is -0.143. The molecule has 0 saturated carbocycles. The van der Waals surface area contributed by atoms with E-state index in [-0.39, 0.29) is 22.8 Å². The number of hydrogen-bond donors (Lipinski definition) is 0. The summed E-state index contributed by atoms with van der Waals surface area (Å²) in [5, 5.41) is 0. The van der Waals surface area contributed by atoms with Crippen molar-refractivity contribution in [2.24, 2.45) is 4.99 Å². The number of thiazole rings is 1. The van der Waals surface area contributed by atoms with Crippen LogP contribution >= 0.6 is 27.3 Å². The molecule has 0 fully saturated rings. The van der Waals surface area contributed by atoms with Gasteiger partial charge in [0, 0.05) is 10.7 Å². The fourth-order valence-electron chi connectivity index (χ4n) is 2.64. The number of esters is 1. The Bertz CT molecular complexity index is 1280. The van der Waals surface area contributed by atoms with Gasteiger partial charge in [0.05, 0.1) is 27.3 Å². The van der Waals surface area contributed by atoms with Crippen molar-refractivity contribution < 1.29 is 22.7 Å². The molecule has 0 unspecified atom stereocenters. The first-order valence-corrected chi connectivity index (χ1v) is 12.0. The van der Waals surface area contributed by atoms with Crippen molar-refractivity contribution in [3.8, 4) is 0 Å². The van der Waals surface area contributed by atoms with Crippen LogP contribution in [0.5, 0.6) is 0 Å². The molecule has 0 aliphatic carbocycles. The molecule has 0 spiro atoms. The molecular weight excluding hydrogens is 480 g/mol. The highest BCUT2D eigenvalue weighted by atomic mass is 79.9. The third-order valence-electron chi connectivity index (χ3n) is 3.98. The number of carbonyl (C=O) groups excluding carboxylic acids is 2. The van der Waals surface area contributed by atoms with E-state index < -0.39 is 21.7 Å². The summed E-state index contributed by atoms with van der Waals surface area (Å²) < 4.78 is 31.5. The zero-order chi connectivity index (χ0) is 21.2. The topological polar surface area (TPSA) is 94.8 Å². The molecule has 7 nitrogen and oxygen atoms in total. The number of carbonyl (C=O) groups is 2. The van der Waals surface area contributed by atoms with E-state index in [4.69, 9.17) is 4.74 Å². The first-order valence-electron chi connectivity index (χ1n) is 8.53. The normalized spacial score (nSPS) is 12.3. The largest absolute Gasteiger partial charge is 0.465 e. The van der Waals surface area contributed by atoms with Crippen molar-refractivity contribution >= 4 is 59.2 Å². The molecule has 29 heavy (non-hydrogen) atoms. The zero-order valence-electron chi connectivity index (χ0n) is 15.6. The van der Waals surface area contributed by atoms with Crippen molar-refractivity contribution in [2.75, 3.05) is 12.9 Å². The molecule has 2 aromatic carbocycles. The Labute approximate surface area is 179 Å². The van der Waals surface area contributed by atoms with Crippen molar-refractivity contribution in [3.63, 3.8) is 0 Å². The second-order valence-electron chi connectivity index (χ2n) is 6.07. The van der Waals surface area contributed by atoms with Crippen LogP contribution in [0.25, 0.3) is 10.2 Å². The monoisotopic (exact) mass is 496 g/mol. The predicted molar refractivity (Wildman–Crippen MR) is 114 cm³/mol. The fraction of sp³-hybridized carbons (Fsp3) is 0.211. The molecule has 1 heterocycles. The number of halogens is 1. The lowest BCUT2D eigenvalue weighted by atomic mass is 10.2. The van der Waals surface area contributed by atoms with E-state index in [9.17, 15) is 18.0 Å². The van der Waals surface area contributed by atoms with Crippen molar-refractivity contribution in [3.05, 3.63) is 57.3 Å². The minimum absolute atomic E-state index is 0.145. The second-order valence-corrected chi connectivity index (χ2v) is 9.95. The number of benzene rings is 2. The first-order chi connectivity index (χ1) is 13.7. The molecule has 1 aromatic heterocycles. The maximum absolute atomic E-state index is 12.7. The van der Waals surface area contributed by atoms with E-state index in [0.717, 1.165) is 17.6 Å². The van der Waals surface area contributed by atoms with Gasteiger partial charge in [-0.25, -0.2) is 8.42 Å². The molecular formula is C19H17BrN2O5S2. The summed E-state index contributed by atoms with van der Waals surface area (Å²) in [6.07, 6.45) is 1.12. The molecule has 3 rings (SSSR count). The van der Waals surface area contributed by atoms with Gasteiger partial charge in [0.25, 0.3) is 5.91 Å².